The van der Waals surface area contributed by atoms with E-state index in [0.29, 0.717) is 23.7 Å². The molecule has 4 rings (SSSR count). The van der Waals surface area contributed by atoms with Crippen molar-refractivity contribution in [3.8, 4) is 11.5 Å². The SMILES string of the molecule is Cc1ccccc1CN1C(=O)COc2ccc(NC(=O)CCOc3ccccc3)cc21. The second-order valence-corrected chi connectivity index (χ2v) is 7.34. The smallest absolute Gasteiger partial charge is 0.265 e. The number of amides is 2. The highest BCUT2D eigenvalue weighted by Gasteiger charge is 2.26. The minimum atomic E-state index is -0.163. The molecule has 6 heteroatoms. The molecule has 158 valence electrons. The quantitative estimate of drug-likeness (QED) is 0.623. The molecule has 0 fully saturated rings. The van der Waals surface area contributed by atoms with Crippen molar-refractivity contribution in [3.63, 3.8) is 0 Å². The summed E-state index contributed by atoms with van der Waals surface area (Å²) in [5, 5.41) is 2.88. The van der Waals surface area contributed by atoms with Gasteiger partial charge in [-0.1, -0.05) is 42.5 Å². The summed E-state index contributed by atoms with van der Waals surface area (Å²) in [6.07, 6.45) is 0.217. The second-order valence-electron chi connectivity index (χ2n) is 7.34. The molecule has 0 aliphatic carbocycles. The molecule has 0 bridgehead atoms. The average Bonchev–Trinajstić information content (AvgIpc) is 2.78. The minimum Gasteiger partial charge on any atom is -0.493 e. The van der Waals surface area contributed by atoms with E-state index in [-0.39, 0.29) is 31.4 Å². The number of carbonyl (C=O) groups excluding carboxylic acids is 2. The number of benzene rings is 3. The molecule has 2 amide bonds. The Kier molecular flexibility index (Phi) is 6.17. The summed E-state index contributed by atoms with van der Waals surface area (Å²) in [6.45, 7) is 2.75. The fourth-order valence-electron chi connectivity index (χ4n) is 3.41. The van der Waals surface area contributed by atoms with Gasteiger partial charge in [-0.2, -0.15) is 0 Å². The van der Waals surface area contributed by atoms with Gasteiger partial charge in [0.2, 0.25) is 5.91 Å². The van der Waals surface area contributed by atoms with Gasteiger partial charge >= 0.3 is 0 Å². The lowest BCUT2D eigenvalue weighted by atomic mass is 10.1. The first-order valence-corrected chi connectivity index (χ1v) is 10.2. The molecule has 3 aromatic rings. The van der Waals surface area contributed by atoms with Crippen molar-refractivity contribution in [1.29, 1.82) is 0 Å². The molecule has 0 spiro atoms. The Morgan fingerprint density at radius 2 is 1.84 bits per heavy atom. The van der Waals surface area contributed by atoms with E-state index in [1.54, 1.807) is 23.1 Å². The topological polar surface area (TPSA) is 67.9 Å². The van der Waals surface area contributed by atoms with E-state index in [4.69, 9.17) is 9.47 Å². The Morgan fingerprint density at radius 1 is 1.06 bits per heavy atom. The van der Waals surface area contributed by atoms with Crippen molar-refractivity contribution >= 4 is 23.2 Å². The van der Waals surface area contributed by atoms with Crippen LogP contribution in [0.15, 0.2) is 72.8 Å². The molecular formula is C25H24N2O4. The minimum absolute atomic E-state index is 0.00140. The summed E-state index contributed by atoms with van der Waals surface area (Å²) in [4.78, 5) is 26.6. The van der Waals surface area contributed by atoms with Crippen LogP contribution in [-0.2, 0) is 16.1 Å². The number of nitrogens with zero attached hydrogens (tertiary/aromatic N) is 1. The summed E-state index contributed by atoms with van der Waals surface area (Å²) in [5.41, 5.74) is 3.44. The van der Waals surface area contributed by atoms with E-state index in [1.807, 2.05) is 61.5 Å². The first-order valence-electron chi connectivity index (χ1n) is 10.2. The van der Waals surface area contributed by atoms with Gasteiger partial charge in [0.15, 0.2) is 6.61 Å². The van der Waals surface area contributed by atoms with Gasteiger partial charge in [0.05, 0.1) is 25.3 Å². The van der Waals surface area contributed by atoms with Crippen LogP contribution in [0.4, 0.5) is 11.4 Å². The molecule has 1 aliphatic heterocycles. The van der Waals surface area contributed by atoms with Gasteiger partial charge in [0.1, 0.15) is 11.5 Å². The van der Waals surface area contributed by atoms with Gasteiger partial charge in [-0.05, 0) is 48.4 Å². The third-order valence-corrected chi connectivity index (χ3v) is 5.12. The molecule has 0 atom stereocenters. The van der Waals surface area contributed by atoms with Crippen molar-refractivity contribution in [3.05, 3.63) is 83.9 Å². The summed E-state index contributed by atoms with van der Waals surface area (Å²) in [5.74, 6) is 1.07. The summed E-state index contributed by atoms with van der Waals surface area (Å²) in [7, 11) is 0. The molecule has 1 heterocycles. The van der Waals surface area contributed by atoms with Crippen LogP contribution in [0.2, 0.25) is 0 Å². The first-order chi connectivity index (χ1) is 15.1. The molecule has 1 N–H and O–H groups in total. The third-order valence-electron chi connectivity index (χ3n) is 5.12. The lowest BCUT2D eigenvalue weighted by Crippen LogP contribution is -2.38. The van der Waals surface area contributed by atoms with Gasteiger partial charge in [-0.3, -0.25) is 9.59 Å². The number of aryl methyl sites for hydroxylation is 1. The molecule has 0 aromatic heterocycles. The Balaban J connectivity index is 1.43. The maximum Gasteiger partial charge on any atom is 0.265 e. The van der Waals surface area contributed by atoms with E-state index in [9.17, 15) is 9.59 Å². The van der Waals surface area contributed by atoms with Crippen molar-refractivity contribution < 1.29 is 19.1 Å². The Labute approximate surface area is 181 Å². The Morgan fingerprint density at radius 3 is 2.65 bits per heavy atom. The molecule has 6 nitrogen and oxygen atoms in total. The highest BCUT2D eigenvalue weighted by atomic mass is 16.5. The maximum atomic E-state index is 12.6. The summed E-state index contributed by atoms with van der Waals surface area (Å²) in [6, 6.07) is 22.7. The van der Waals surface area contributed by atoms with Crippen LogP contribution in [0.3, 0.4) is 0 Å². The summed E-state index contributed by atoms with van der Waals surface area (Å²) < 4.78 is 11.2. The van der Waals surface area contributed by atoms with E-state index in [1.165, 1.54) is 0 Å². The predicted octanol–water partition coefficient (Wildman–Crippen LogP) is 4.33. The molecule has 31 heavy (non-hydrogen) atoms. The monoisotopic (exact) mass is 416 g/mol. The number of carbonyl (C=O) groups is 2. The number of ether oxygens (including phenoxy) is 2. The largest absolute Gasteiger partial charge is 0.493 e. The average molecular weight is 416 g/mol. The van der Waals surface area contributed by atoms with E-state index in [0.717, 1.165) is 16.9 Å². The third kappa shape index (κ3) is 5.04. The van der Waals surface area contributed by atoms with Gasteiger partial charge < -0.3 is 19.7 Å². The van der Waals surface area contributed by atoms with Crippen LogP contribution in [-0.4, -0.2) is 25.0 Å². The van der Waals surface area contributed by atoms with E-state index in [2.05, 4.69) is 5.32 Å². The highest BCUT2D eigenvalue weighted by Crippen LogP contribution is 2.35. The Hall–Kier alpha value is -3.80. The maximum absolute atomic E-state index is 12.6. The predicted molar refractivity (Wildman–Crippen MR) is 119 cm³/mol. The molecule has 3 aromatic carbocycles. The van der Waals surface area contributed by atoms with E-state index < -0.39 is 0 Å². The van der Waals surface area contributed by atoms with Crippen LogP contribution in [0.25, 0.3) is 0 Å². The molecule has 0 radical (unpaired) electrons. The number of rotatable bonds is 7. The number of nitrogens with one attached hydrogen (secondary N) is 1. The zero-order valence-electron chi connectivity index (χ0n) is 17.3. The fourth-order valence-corrected chi connectivity index (χ4v) is 3.41. The number of hydrogen-bond donors (Lipinski definition) is 1. The van der Waals surface area contributed by atoms with Gasteiger partial charge in [-0.15, -0.1) is 0 Å². The lowest BCUT2D eigenvalue weighted by Gasteiger charge is -2.30. The van der Waals surface area contributed by atoms with Crippen LogP contribution in [0.5, 0.6) is 11.5 Å². The van der Waals surface area contributed by atoms with Gasteiger partial charge in [0.25, 0.3) is 5.91 Å². The van der Waals surface area contributed by atoms with E-state index >= 15 is 0 Å². The number of anilines is 2. The van der Waals surface area contributed by atoms with Crippen molar-refractivity contribution in [2.75, 3.05) is 23.4 Å². The second kappa shape index (κ2) is 9.34. The zero-order valence-corrected chi connectivity index (χ0v) is 17.3. The number of hydrogen-bond acceptors (Lipinski definition) is 4. The standard InChI is InChI=1S/C25H24N2O4/c1-18-7-5-6-8-19(18)16-27-22-15-20(11-12-23(22)31-17-25(27)29)26-24(28)13-14-30-21-9-3-2-4-10-21/h2-12,15H,13-14,16-17H2,1H3,(H,26,28). The van der Waals surface area contributed by atoms with Crippen molar-refractivity contribution in [2.45, 2.75) is 19.9 Å². The molecule has 0 saturated carbocycles. The Bertz CT molecular complexity index is 1080. The zero-order chi connectivity index (χ0) is 21.6. The van der Waals surface area contributed by atoms with Crippen LogP contribution >= 0.6 is 0 Å². The highest BCUT2D eigenvalue weighted by molar-refractivity contribution is 5.99. The fraction of sp³-hybridized carbons (Fsp3) is 0.200. The van der Waals surface area contributed by atoms with Crippen molar-refractivity contribution in [1.82, 2.24) is 0 Å². The normalized spacial score (nSPS) is 12.7. The van der Waals surface area contributed by atoms with Gasteiger partial charge in [-0.25, -0.2) is 0 Å². The molecule has 1 aliphatic rings. The summed E-state index contributed by atoms with van der Waals surface area (Å²) >= 11 is 0. The van der Waals surface area contributed by atoms with Crippen LogP contribution in [0.1, 0.15) is 17.5 Å². The van der Waals surface area contributed by atoms with Gasteiger partial charge in [0, 0.05) is 5.69 Å². The number of fused-ring (bicyclic) bond motifs is 1. The van der Waals surface area contributed by atoms with Crippen LogP contribution < -0.4 is 19.7 Å². The molecular weight excluding hydrogens is 392 g/mol. The van der Waals surface area contributed by atoms with Crippen molar-refractivity contribution in [2.24, 2.45) is 0 Å². The molecule has 0 unspecified atom stereocenters. The first kappa shape index (κ1) is 20.5. The molecule has 0 saturated heterocycles. The lowest BCUT2D eigenvalue weighted by molar-refractivity contribution is -0.121. The number of para-hydroxylation sites is 1. The van der Waals surface area contributed by atoms with Crippen LogP contribution in [0, 0.1) is 6.92 Å².